The van der Waals surface area contributed by atoms with E-state index in [1.807, 2.05) is 0 Å². The molecule has 0 saturated heterocycles. The van der Waals surface area contributed by atoms with Crippen LogP contribution in [-0.2, 0) is 12.8 Å². The molecule has 0 fully saturated rings. The molecule has 0 radical (unpaired) electrons. The number of pyridine rings is 1. The standard InChI is InChI=1S/C20H27N5S/c1-4-25(5-2)11-10-21-19-18-17(22-12-23-19)16-15-9-7-6-8-14(15)13(3)24-20(16)26-18/h12H,4-11H2,1-3H3,(H,21,22,23)/p+1. The summed E-state index contributed by atoms with van der Waals surface area (Å²) in [6, 6.07) is 0. The molecule has 0 bridgehead atoms. The van der Waals surface area contributed by atoms with Gasteiger partial charge in [0.25, 0.3) is 0 Å². The maximum atomic E-state index is 4.92. The Kier molecular flexibility index (Phi) is 5.05. The minimum atomic E-state index is 0.932. The van der Waals surface area contributed by atoms with Crippen molar-refractivity contribution in [2.75, 3.05) is 31.5 Å². The summed E-state index contributed by atoms with van der Waals surface area (Å²) in [5.74, 6) is 0.965. The normalized spacial score (nSPS) is 14.3. The van der Waals surface area contributed by atoms with E-state index < -0.39 is 0 Å². The highest BCUT2D eigenvalue weighted by Crippen LogP contribution is 2.40. The number of hydrogen-bond donors (Lipinski definition) is 2. The van der Waals surface area contributed by atoms with E-state index in [2.05, 4.69) is 36.1 Å². The van der Waals surface area contributed by atoms with Crippen molar-refractivity contribution in [3.63, 3.8) is 0 Å². The van der Waals surface area contributed by atoms with E-state index in [0.29, 0.717) is 0 Å². The molecule has 0 amide bonds. The van der Waals surface area contributed by atoms with Crippen molar-refractivity contribution in [1.82, 2.24) is 15.0 Å². The van der Waals surface area contributed by atoms with Crippen LogP contribution in [-0.4, -0.2) is 41.1 Å². The second-order valence-electron chi connectivity index (χ2n) is 7.18. The van der Waals surface area contributed by atoms with Gasteiger partial charge in [0, 0.05) is 11.1 Å². The Bertz CT molecular complexity index is 929. The lowest BCUT2D eigenvalue weighted by atomic mass is 9.89. The molecule has 1 aliphatic carbocycles. The molecule has 0 aromatic carbocycles. The average molecular weight is 371 g/mol. The van der Waals surface area contributed by atoms with Crippen molar-refractivity contribution < 1.29 is 4.90 Å². The van der Waals surface area contributed by atoms with Crippen LogP contribution in [0.25, 0.3) is 20.4 Å². The summed E-state index contributed by atoms with van der Waals surface area (Å²) in [5, 5.41) is 4.84. The number of nitrogens with zero attached hydrogens (tertiary/aromatic N) is 3. The molecule has 5 nitrogen and oxygen atoms in total. The molecular weight excluding hydrogens is 342 g/mol. The number of thiophene rings is 1. The van der Waals surface area contributed by atoms with E-state index in [4.69, 9.17) is 4.98 Å². The highest BCUT2D eigenvalue weighted by molar-refractivity contribution is 7.26. The number of anilines is 1. The topological polar surface area (TPSA) is 55.1 Å². The maximum Gasteiger partial charge on any atom is 0.147 e. The maximum absolute atomic E-state index is 4.92. The number of nitrogens with one attached hydrogen (secondary N) is 2. The summed E-state index contributed by atoms with van der Waals surface area (Å²) in [6.07, 6.45) is 6.56. The average Bonchev–Trinajstić information content (AvgIpc) is 3.04. The van der Waals surface area contributed by atoms with Crippen LogP contribution >= 0.6 is 11.3 Å². The summed E-state index contributed by atoms with van der Waals surface area (Å²) >= 11 is 1.74. The molecule has 2 N–H and O–H groups in total. The van der Waals surface area contributed by atoms with E-state index in [-0.39, 0.29) is 0 Å². The van der Waals surface area contributed by atoms with Crippen LogP contribution in [0, 0.1) is 6.92 Å². The van der Waals surface area contributed by atoms with Crippen LogP contribution in [0.3, 0.4) is 0 Å². The lowest BCUT2D eigenvalue weighted by Crippen LogP contribution is -3.12. The van der Waals surface area contributed by atoms with Crippen LogP contribution < -0.4 is 10.2 Å². The Morgan fingerprint density at radius 3 is 2.65 bits per heavy atom. The SMILES string of the molecule is CC[NH+](CC)CCNc1ncnc2c1sc1nc(C)c3c(c12)CCCC3. The van der Waals surface area contributed by atoms with Crippen molar-refractivity contribution in [3.8, 4) is 0 Å². The highest BCUT2D eigenvalue weighted by atomic mass is 32.1. The van der Waals surface area contributed by atoms with Gasteiger partial charge >= 0.3 is 0 Å². The molecule has 0 saturated carbocycles. The van der Waals surface area contributed by atoms with Crippen LogP contribution in [0.4, 0.5) is 5.82 Å². The van der Waals surface area contributed by atoms with E-state index >= 15 is 0 Å². The monoisotopic (exact) mass is 370 g/mol. The molecular formula is C20H28N5S+. The van der Waals surface area contributed by atoms with Crippen molar-refractivity contribution in [3.05, 3.63) is 23.1 Å². The molecule has 3 aromatic heterocycles. The first-order valence-electron chi connectivity index (χ1n) is 9.85. The summed E-state index contributed by atoms with van der Waals surface area (Å²) in [6.45, 7) is 11.0. The number of fused-ring (bicyclic) bond motifs is 5. The van der Waals surface area contributed by atoms with Gasteiger partial charge < -0.3 is 10.2 Å². The fourth-order valence-corrected chi connectivity index (χ4v) is 5.31. The van der Waals surface area contributed by atoms with Gasteiger partial charge in [0.15, 0.2) is 0 Å². The Labute approximate surface area is 158 Å². The predicted octanol–water partition coefficient (Wildman–Crippen LogP) is 2.76. The molecule has 3 heterocycles. The fourth-order valence-electron chi connectivity index (χ4n) is 4.14. The molecule has 3 aromatic rings. The smallest absolute Gasteiger partial charge is 0.147 e. The first-order valence-corrected chi connectivity index (χ1v) is 10.7. The second-order valence-corrected chi connectivity index (χ2v) is 8.18. The van der Waals surface area contributed by atoms with Crippen molar-refractivity contribution in [2.45, 2.75) is 46.5 Å². The van der Waals surface area contributed by atoms with E-state index in [0.717, 1.165) is 59.9 Å². The Morgan fingerprint density at radius 1 is 1.12 bits per heavy atom. The van der Waals surface area contributed by atoms with E-state index in [1.165, 1.54) is 35.0 Å². The lowest BCUT2D eigenvalue weighted by Gasteiger charge is -2.18. The van der Waals surface area contributed by atoms with Gasteiger partial charge in [-0.1, -0.05) is 0 Å². The number of quaternary nitrogens is 1. The zero-order valence-corrected chi connectivity index (χ0v) is 16.8. The Balaban J connectivity index is 1.74. The molecule has 4 rings (SSSR count). The van der Waals surface area contributed by atoms with Gasteiger partial charge in [-0.2, -0.15) is 0 Å². The number of hydrogen-bond acceptors (Lipinski definition) is 5. The zero-order valence-electron chi connectivity index (χ0n) is 16.0. The molecule has 26 heavy (non-hydrogen) atoms. The number of likely N-dealkylation sites (N-methyl/N-ethyl adjacent to an activating group) is 1. The first kappa shape index (κ1) is 17.6. The van der Waals surface area contributed by atoms with Gasteiger partial charge in [-0.05, 0) is 57.6 Å². The van der Waals surface area contributed by atoms with E-state index in [1.54, 1.807) is 22.6 Å². The van der Waals surface area contributed by atoms with Crippen LogP contribution in [0.5, 0.6) is 0 Å². The van der Waals surface area contributed by atoms with Crippen LogP contribution in [0.1, 0.15) is 43.5 Å². The van der Waals surface area contributed by atoms with E-state index in [9.17, 15) is 0 Å². The van der Waals surface area contributed by atoms with Gasteiger partial charge in [0.05, 0.1) is 36.4 Å². The third kappa shape index (κ3) is 3.05. The van der Waals surface area contributed by atoms with Crippen molar-refractivity contribution in [1.29, 1.82) is 0 Å². The third-order valence-corrected chi connectivity index (χ3v) is 6.78. The summed E-state index contributed by atoms with van der Waals surface area (Å²) in [5.41, 5.74) is 5.23. The molecule has 6 heteroatoms. The number of rotatable bonds is 6. The molecule has 0 spiro atoms. The molecule has 0 aliphatic heterocycles. The molecule has 0 unspecified atom stereocenters. The summed E-state index contributed by atoms with van der Waals surface area (Å²) in [4.78, 5) is 16.8. The highest BCUT2D eigenvalue weighted by Gasteiger charge is 2.21. The zero-order chi connectivity index (χ0) is 18.1. The van der Waals surface area contributed by atoms with Gasteiger partial charge in [-0.15, -0.1) is 11.3 Å². The Hall–Kier alpha value is -1.79. The minimum absolute atomic E-state index is 0.932. The second kappa shape index (κ2) is 7.45. The predicted molar refractivity (Wildman–Crippen MR) is 109 cm³/mol. The van der Waals surface area contributed by atoms with Gasteiger partial charge in [0.1, 0.15) is 17.0 Å². The third-order valence-electron chi connectivity index (χ3n) is 5.70. The fraction of sp³-hybridized carbons (Fsp3) is 0.550. The number of aromatic nitrogens is 3. The quantitative estimate of drug-likeness (QED) is 0.701. The van der Waals surface area contributed by atoms with Crippen LogP contribution in [0.2, 0.25) is 0 Å². The molecule has 0 atom stereocenters. The summed E-state index contributed by atoms with van der Waals surface area (Å²) < 4.78 is 1.16. The van der Waals surface area contributed by atoms with Gasteiger partial charge in [-0.25, -0.2) is 15.0 Å². The first-order chi connectivity index (χ1) is 12.7. The van der Waals surface area contributed by atoms with Crippen molar-refractivity contribution in [2.24, 2.45) is 0 Å². The molecule has 1 aliphatic rings. The van der Waals surface area contributed by atoms with Crippen LogP contribution in [0.15, 0.2) is 6.33 Å². The largest absolute Gasteiger partial charge is 0.363 e. The summed E-state index contributed by atoms with van der Waals surface area (Å²) in [7, 11) is 0. The van der Waals surface area contributed by atoms with Gasteiger partial charge in [0.2, 0.25) is 0 Å². The minimum Gasteiger partial charge on any atom is -0.363 e. The molecule has 138 valence electrons. The Morgan fingerprint density at radius 2 is 1.88 bits per heavy atom. The lowest BCUT2D eigenvalue weighted by molar-refractivity contribution is -0.894. The van der Waals surface area contributed by atoms with Crippen molar-refractivity contribution >= 4 is 37.6 Å². The number of aryl methyl sites for hydroxylation is 2. The van der Waals surface area contributed by atoms with Gasteiger partial charge in [-0.3, -0.25) is 0 Å².